The van der Waals surface area contributed by atoms with Gasteiger partial charge in [-0.2, -0.15) is 10.1 Å². The second-order valence-electron chi connectivity index (χ2n) is 7.80. The van der Waals surface area contributed by atoms with Crippen LogP contribution in [0.3, 0.4) is 0 Å². The van der Waals surface area contributed by atoms with Gasteiger partial charge in [-0.05, 0) is 69.7 Å². The zero-order chi connectivity index (χ0) is 25.7. The fourth-order valence-corrected chi connectivity index (χ4v) is 3.70. The van der Waals surface area contributed by atoms with Crippen LogP contribution >= 0.6 is 15.9 Å². The molecule has 1 aliphatic rings. The van der Waals surface area contributed by atoms with Gasteiger partial charge in [-0.1, -0.05) is 22.0 Å². The molecule has 0 radical (unpaired) electrons. The second-order valence-corrected chi connectivity index (χ2v) is 8.65. The molecule has 3 rings (SSSR count). The SMILES string of the molecule is CCOc1cc(C=C2C(=O)N(c3cccc(C(=O)O)c3)N=C2C)c(Br)cc1OCC(=O)OC(C)C. The number of anilines is 1. The van der Waals surface area contributed by atoms with E-state index in [1.165, 1.54) is 17.1 Å². The third-order valence-corrected chi connectivity index (χ3v) is 5.46. The first kappa shape index (κ1) is 26.0. The van der Waals surface area contributed by atoms with Crippen molar-refractivity contribution in [3.8, 4) is 11.5 Å². The van der Waals surface area contributed by atoms with Crippen LogP contribution in [-0.2, 0) is 14.3 Å². The van der Waals surface area contributed by atoms with Gasteiger partial charge in [0.1, 0.15) is 0 Å². The summed E-state index contributed by atoms with van der Waals surface area (Å²) in [6.45, 7) is 7.10. The molecule has 184 valence electrons. The van der Waals surface area contributed by atoms with Gasteiger partial charge < -0.3 is 19.3 Å². The smallest absolute Gasteiger partial charge is 0.344 e. The van der Waals surface area contributed by atoms with Crippen LogP contribution in [0.4, 0.5) is 5.69 Å². The zero-order valence-electron chi connectivity index (χ0n) is 19.7. The molecule has 0 fully saturated rings. The number of carbonyl (C=O) groups is 3. The van der Waals surface area contributed by atoms with Crippen LogP contribution in [0.25, 0.3) is 6.08 Å². The highest BCUT2D eigenvalue weighted by molar-refractivity contribution is 9.10. The van der Waals surface area contributed by atoms with Crippen molar-refractivity contribution in [1.82, 2.24) is 0 Å². The molecule has 0 aromatic heterocycles. The fraction of sp³-hybridized carbons (Fsp3) is 0.280. The lowest BCUT2D eigenvalue weighted by Crippen LogP contribution is -2.21. The normalized spacial score (nSPS) is 14.3. The van der Waals surface area contributed by atoms with E-state index in [1.54, 1.807) is 51.1 Å². The molecule has 35 heavy (non-hydrogen) atoms. The Morgan fingerprint density at radius 2 is 1.89 bits per heavy atom. The van der Waals surface area contributed by atoms with E-state index in [1.807, 2.05) is 6.92 Å². The topological polar surface area (TPSA) is 115 Å². The van der Waals surface area contributed by atoms with Gasteiger partial charge in [-0.25, -0.2) is 9.59 Å². The molecule has 2 aromatic carbocycles. The molecule has 1 heterocycles. The van der Waals surface area contributed by atoms with Crippen LogP contribution in [0, 0.1) is 0 Å². The first-order chi connectivity index (χ1) is 16.6. The Balaban J connectivity index is 1.89. The van der Waals surface area contributed by atoms with E-state index < -0.39 is 17.8 Å². The highest BCUT2D eigenvalue weighted by atomic mass is 79.9. The van der Waals surface area contributed by atoms with Crippen LogP contribution in [0.1, 0.15) is 43.6 Å². The van der Waals surface area contributed by atoms with Crippen molar-refractivity contribution < 1.29 is 33.7 Å². The van der Waals surface area contributed by atoms with Crippen LogP contribution in [0.2, 0.25) is 0 Å². The monoisotopic (exact) mass is 544 g/mol. The maximum Gasteiger partial charge on any atom is 0.344 e. The summed E-state index contributed by atoms with van der Waals surface area (Å²) in [6.07, 6.45) is 1.41. The number of amides is 1. The minimum atomic E-state index is -1.10. The molecule has 2 aromatic rings. The summed E-state index contributed by atoms with van der Waals surface area (Å²) in [5.41, 5.74) is 1.84. The summed E-state index contributed by atoms with van der Waals surface area (Å²) in [5, 5.41) is 14.7. The minimum Gasteiger partial charge on any atom is -0.490 e. The molecule has 0 unspecified atom stereocenters. The highest BCUT2D eigenvalue weighted by Gasteiger charge is 2.29. The van der Waals surface area contributed by atoms with Gasteiger partial charge in [0.15, 0.2) is 18.1 Å². The predicted octanol–water partition coefficient (Wildman–Crippen LogP) is 4.68. The number of hydrogen-bond acceptors (Lipinski definition) is 7. The third kappa shape index (κ3) is 6.27. The Hall–Kier alpha value is -3.66. The van der Waals surface area contributed by atoms with Crippen molar-refractivity contribution in [2.45, 2.75) is 33.8 Å². The number of hydrazone groups is 1. The van der Waals surface area contributed by atoms with Gasteiger partial charge in [0.25, 0.3) is 5.91 Å². The molecule has 9 nitrogen and oxygen atoms in total. The Morgan fingerprint density at radius 3 is 2.54 bits per heavy atom. The van der Waals surface area contributed by atoms with E-state index in [4.69, 9.17) is 14.2 Å². The number of carboxylic acid groups (broad SMARTS) is 1. The highest BCUT2D eigenvalue weighted by Crippen LogP contribution is 2.36. The standard InChI is InChI=1S/C25H25BrN2O7/c1-5-33-21-11-17(20(26)12-22(21)34-13-23(29)35-14(2)3)10-19-15(4)27-28(24(19)30)18-8-6-7-16(9-18)25(31)32/h6-12,14H,5,13H2,1-4H3,(H,31,32). The number of carboxylic acids is 1. The van der Waals surface area contributed by atoms with Crippen molar-refractivity contribution >= 4 is 51.3 Å². The van der Waals surface area contributed by atoms with Crippen LogP contribution in [0.5, 0.6) is 11.5 Å². The second kappa shape index (κ2) is 11.2. The molecule has 0 bridgehead atoms. The summed E-state index contributed by atoms with van der Waals surface area (Å²) in [4.78, 5) is 36.3. The molecule has 1 aliphatic heterocycles. The molecule has 1 N–H and O–H groups in total. The number of hydrogen-bond donors (Lipinski definition) is 1. The van der Waals surface area contributed by atoms with Gasteiger partial charge in [-0.3, -0.25) is 4.79 Å². The molecule has 0 saturated heterocycles. The number of rotatable bonds is 9. The van der Waals surface area contributed by atoms with Crippen LogP contribution < -0.4 is 14.5 Å². The Bertz CT molecular complexity index is 1220. The van der Waals surface area contributed by atoms with Crippen molar-refractivity contribution in [1.29, 1.82) is 0 Å². The summed E-state index contributed by atoms with van der Waals surface area (Å²) < 4.78 is 17.0. The largest absolute Gasteiger partial charge is 0.490 e. The summed E-state index contributed by atoms with van der Waals surface area (Å²) in [5.74, 6) is -1.25. The maximum atomic E-state index is 13.1. The number of aromatic carboxylic acids is 1. The van der Waals surface area contributed by atoms with Crippen LogP contribution in [0.15, 0.2) is 51.5 Å². The lowest BCUT2D eigenvalue weighted by Gasteiger charge is -2.15. The molecular weight excluding hydrogens is 520 g/mol. The molecule has 0 atom stereocenters. The average molecular weight is 545 g/mol. The van der Waals surface area contributed by atoms with E-state index in [-0.39, 0.29) is 18.3 Å². The number of ether oxygens (including phenoxy) is 3. The Morgan fingerprint density at radius 1 is 1.17 bits per heavy atom. The van der Waals surface area contributed by atoms with Gasteiger partial charge in [-0.15, -0.1) is 0 Å². The van der Waals surface area contributed by atoms with Crippen molar-refractivity contribution in [3.05, 3.63) is 57.6 Å². The van der Waals surface area contributed by atoms with E-state index in [9.17, 15) is 19.5 Å². The third-order valence-electron chi connectivity index (χ3n) is 4.78. The molecule has 10 heteroatoms. The van der Waals surface area contributed by atoms with Crippen molar-refractivity contribution in [2.24, 2.45) is 5.10 Å². The molecule has 0 saturated carbocycles. The lowest BCUT2D eigenvalue weighted by molar-refractivity contribution is -0.149. The Labute approximate surface area is 211 Å². The zero-order valence-corrected chi connectivity index (χ0v) is 21.3. The molecule has 0 aliphatic carbocycles. The number of esters is 1. The predicted molar refractivity (Wildman–Crippen MR) is 134 cm³/mol. The molecular formula is C25H25BrN2O7. The molecule has 1 amide bonds. The first-order valence-electron chi connectivity index (χ1n) is 10.8. The van der Waals surface area contributed by atoms with E-state index >= 15 is 0 Å². The van der Waals surface area contributed by atoms with Crippen molar-refractivity contribution in [3.63, 3.8) is 0 Å². The van der Waals surface area contributed by atoms with Crippen molar-refractivity contribution in [2.75, 3.05) is 18.2 Å². The number of halogens is 1. The van der Waals surface area contributed by atoms with Crippen LogP contribution in [-0.4, -0.2) is 48.0 Å². The number of nitrogens with zero attached hydrogens (tertiary/aromatic N) is 2. The molecule has 0 spiro atoms. The van der Waals surface area contributed by atoms with E-state index in [2.05, 4.69) is 21.0 Å². The maximum absolute atomic E-state index is 13.1. The Kier molecular flexibility index (Phi) is 8.29. The minimum absolute atomic E-state index is 0.0533. The number of carbonyl (C=O) groups excluding carboxylic acids is 2. The average Bonchev–Trinajstić information content (AvgIpc) is 3.08. The summed E-state index contributed by atoms with van der Waals surface area (Å²) >= 11 is 3.49. The first-order valence-corrected chi connectivity index (χ1v) is 11.6. The summed E-state index contributed by atoms with van der Waals surface area (Å²) in [6, 6.07) is 9.35. The van der Waals surface area contributed by atoms with E-state index in [0.29, 0.717) is 45.1 Å². The van der Waals surface area contributed by atoms with Gasteiger partial charge in [0.05, 0.1) is 35.2 Å². The van der Waals surface area contributed by atoms with E-state index in [0.717, 1.165) is 0 Å². The fourth-order valence-electron chi connectivity index (χ4n) is 3.26. The van der Waals surface area contributed by atoms with Gasteiger partial charge in [0, 0.05) is 4.47 Å². The van der Waals surface area contributed by atoms with Gasteiger partial charge >= 0.3 is 11.9 Å². The van der Waals surface area contributed by atoms with Gasteiger partial charge in [0.2, 0.25) is 0 Å². The number of benzene rings is 2. The lowest BCUT2D eigenvalue weighted by atomic mass is 10.1. The quantitative estimate of drug-likeness (QED) is 0.359. The summed E-state index contributed by atoms with van der Waals surface area (Å²) in [7, 11) is 0.